The molecule has 0 atom stereocenters. The van der Waals surface area contributed by atoms with E-state index in [4.69, 9.17) is 5.73 Å². The Morgan fingerprint density at radius 1 is 1.15 bits per heavy atom. The van der Waals surface area contributed by atoms with Crippen LogP contribution < -0.4 is 5.73 Å². The van der Waals surface area contributed by atoms with Crippen LogP contribution in [0, 0.1) is 6.92 Å². The number of nitrogens with two attached hydrogens (primary N) is 1. The Balaban J connectivity index is 2.25. The van der Waals surface area contributed by atoms with Gasteiger partial charge in [-0.15, -0.1) is 0 Å². The van der Waals surface area contributed by atoms with Gasteiger partial charge < -0.3 is 5.73 Å². The van der Waals surface area contributed by atoms with Crippen LogP contribution in [0.2, 0.25) is 0 Å². The van der Waals surface area contributed by atoms with Crippen LogP contribution in [0.15, 0.2) is 24.7 Å². The molecule has 0 radical (unpaired) electrons. The highest BCUT2D eigenvalue weighted by molar-refractivity contribution is 5.61. The average molecular weight is 268 g/mol. The molecule has 0 aromatic carbocycles. The summed E-state index contributed by atoms with van der Waals surface area (Å²) in [4.78, 5) is 13.1. The summed E-state index contributed by atoms with van der Waals surface area (Å²) in [6.45, 7) is 6.18. The van der Waals surface area contributed by atoms with Gasteiger partial charge in [-0.05, 0) is 24.5 Å². The molecule has 102 valence electrons. The number of hydrogen-bond acceptors (Lipinski definition) is 5. The summed E-state index contributed by atoms with van der Waals surface area (Å²) < 4.78 is 1.57. The minimum absolute atomic E-state index is 0.324. The SMILES string of the molecule is Cc1cncc(-c2nc(N)n3ncc(C(C)C)c3n2)c1. The summed E-state index contributed by atoms with van der Waals surface area (Å²) >= 11 is 0. The molecule has 0 aliphatic rings. The van der Waals surface area contributed by atoms with Crippen LogP contribution >= 0.6 is 0 Å². The van der Waals surface area contributed by atoms with Gasteiger partial charge in [0.1, 0.15) is 0 Å². The van der Waals surface area contributed by atoms with Crippen molar-refractivity contribution in [3.8, 4) is 11.4 Å². The van der Waals surface area contributed by atoms with E-state index in [9.17, 15) is 0 Å². The molecule has 20 heavy (non-hydrogen) atoms. The first-order chi connectivity index (χ1) is 9.56. The predicted molar refractivity (Wildman–Crippen MR) is 77.3 cm³/mol. The minimum Gasteiger partial charge on any atom is -0.368 e. The second kappa shape index (κ2) is 4.56. The van der Waals surface area contributed by atoms with Gasteiger partial charge in [-0.1, -0.05) is 13.8 Å². The first-order valence-electron chi connectivity index (χ1n) is 6.49. The zero-order chi connectivity index (χ0) is 14.3. The van der Waals surface area contributed by atoms with Crippen molar-refractivity contribution in [2.24, 2.45) is 0 Å². The summed E-state index contributed by atoms with van der Waals surface area (Å²) in [5.74, 6) is 1.23. The summed E-state index contributed by atoms with van der Waals surface area (Å²) in [6, 6.07) is 1.99. The Kier molecular flexibility index (Phi) is 2.85. The molecule has 0 unspecified atom stereocenters. The molecule has 0 spiro atoms. The van der Waals surface area contributed by atoms with E-state index in [0.29, 0.717) is 17.7 Å². The van der Waals surface area contributed by atoms with Gasteiger partial charge in [0.2, 0.25) is 5.95 Å². The monoisotopic (exact) mass is 268 g/mol. The zero-order valence-corrected chi connectivity index (χ0v) is 11.7. The molecule has 3 aromatic heterocycles. The number of hydrogen-bond donors (Lipinski definition) is 1. The molecule has 0 aliphatic heterocycles. The number of pyridine rings is 1. The van der Waals surface area contributed by atoms with Gasteiger partial charge in [0.15, 0.2) is 11.5 Å². The molecule has 3 rings (SSSR count). The first-order valence-corrected chi connectivity index (χ1v) is 6.49. The lowest BCUT2D eigenvalue weighted by atomic mass is 10.1. The van der Waals surface area contributed by atoms with E-state index in [1.165, 1.54) is 0 Å². The lowest BCUT2D eigenvalue weighted by Crippen LogP contribution is -2.06. The third-order valence-electron chi connectivity index (χ3n) is 3.18. The van der Waals surface area contributed by atoms with Crippen molar-refractivity contribution >= 4 is 11.6 Å². The number of nitrogen functional groups attached to an aromatic ring is 1. The Morgan fingerprint density at radius 2 is 1.95 bits per heavy atom. The van der Waals surface area contributed by atoms with E-state index in [-0.39, 0.29) is 0 Å². The summed E-state index contributed by atoms with van der Waals surface area (Å²) in [7, 11) is 0. The van der Waals surface area contributed by atoms with Crippen molar-refractivity contribution in [1.29, 1.82) is 0 Å². The number of anilines is 1. The molecule has 6 nitrogen and oxygen atoms in total. The van der Waals surface area contributed by atoms with Gasteiger partial charge in [0.25, 0.3) is 0 Å². The molecule has 0 saturated carbocycles. The third-order valence-corrected chi connectivity index (χ3v) is 3.18. The fourth-order valence-corrected chi connectivity index (χ4v) is 2.13. The second-order valence-corrected chi connectivity index (χ2v) is 5.15. The maximum atomic E-state index is 5.97. The normalized spacial score (nSPS) is 11.4. The molecular formula is C14H16N6. The highest BCUT2D eigenvalue weighted by Gasteiger charge is 2.14. The zero-order valence-electron chi connectivity index (χ0n) is 11.7. The smallest absolute Gasteiger partial charge is 0.225 e. The molecular weight excluding hydrogens is 252 g/mol. The fraction of sp³-hybridized carbons (Fsp3) is 0.286. The van der Waals surface area contributed by atoms with Crippen molar-refractivity contribution in [1.82, 2.24) is 24.6 Å². The highest BCUT2D eigenvalue weighted by atomic mass is 15.3. The summed E-state index contributed by atoms with van der Waals surface area (Å²) in [5, 5.41) is 4.24. The summed E-state index contributed by atoms with van der Waals surface area (Å²) in [6.07, 6.45) is 5.33. The van der Waals surface area contributed by atoms with Gasteiger partial charge in [-0.3, -0.25) is 4.98 Å². The molecule has 0 saturated heterocycles. The summed E-state index contributed by atoms with van der Waals surface area (Å²) in [5.41, 5.74) is 9.70. The van der Waals surface area contributed by atoms with E-state index in [2.05, 4.69) is 33.9 Å². The van der Waals surface area contributed by atoms with Gasteiger partial charge in [0, 0.05) is 23.5 Å². The fourth-order valence-electron chi connectivity index (χ4n) is 2.13. The molecule has 6 heteroatoms. The minimum atomic E-state index is 0.324. The number of nitrogens with zero attached hydrogens (tertiary/aromatic N) is 5. The average Bonchev–Trinajstić information content (AvgIpc) is 2.83. The number of fused-ring (bicyclic) bond motifs is 1. The van der Waals surface area contributed by atoms with Crippen LogP contribution in [-0.2, 0) is 0 Å². The van der Waals surface area contributed by atoms with Crippen molar-refractivity contribution in [3.63, 3.8) is 0 Å². The molecule has 0 fully saturated rings. The van der Waals surface area contributed by atoms with Crippen LogP contribution in [0.4, 0.5) is 5.95 Å². The van der Waals surface area contributed by atoms with Gasteiger partial charge in [-0.2, -0.15) is 14.6 Å². The van der Waals surface area contributed by atoms with Gasteiger partial charge in [0.05, 0.1) is 6.20 Å². The van der Waals surface area contributed by atoms with E-state index in [1.54, 1.807) is 23.1 Å². The molecule has 0 amide bonds. The Bertz CT molecular complexity index is 774. The maximum Gasteiger partial charge on any atom is 0.225 e. The second-order valence-electron chi connectivity index (χ2n) is 5.15. The van der Waals surface area contributed by atoms with E-state index >= 15 is 0 Å². The standard InChI is InChI=1S/C14H16N6/c1-8(2)11-7-17-20-13(11)18-12(19-14(20)15)10-4-9(3)5-16-6-10/h4-8H,1-3H3,(H2,15,18,19). The largest absolute Gasteiger partial charge is 0.368 e. The maximum absolute atomic E-state index is 5.97. The topological polar surface area (TPSA) is 82.0 Å². The van der Waals surface area contributed by atoms with Crippen molar-refractivity contribution in [2.45, 2.75) is 26.7 Å². The molecule has 3 aromatic rings. The van der Waals surface area contributed by atoms with Crippen LogP contribution in [0.5, 0.6) is 0 Å². The molecule has 3 heterocycles. The molecule has 0 aliphatic carbocycles. The third kappa shape index (κ3) is 1.99. The van der Waals surface area contributed by atoms with Crippen molar-refractivity contribution in [2.75, 3.05) is 5.73 Å². The van der Waals surface area contributed by atoms with Crippen molar-refractivity contribution in [3.05, 3.63) is 35.8 Å². The highest BCUT2D eigenvalue weighted by Crippen LogP contribution is 2.23. The Morgan fingerprint density at radius 3 is 2.65 bits per heavy atom. The van der Waals surface area contributed by atoms with Crippen LogP contribution in [0.1, 0.15) is 30.9 Å². The molecule has 0 bridgehead atoms. The van der Waals surface area contributed by atoms with E-state index in [1.807, 2.05) is 13.0 Å². The Hall–Kier alpha value is -2.50. The van der Waals surface area contributed by atoms with Gasteiger partial charge in [-0.25, -0.2) is 4.98 Å². The number of aryl methyl sites for hydroxylation is 1. The first kappa shape index (κ1) is 12.5. The molecule has 2 N–H and O–H groups in total. The Labute approximate surface area is 116 Å². The number of rotatable bonds is 2. The quantitative estimate of drug-likeness (QED) is 0.770. The van der Waals surface area contributed by atoms with Crippen LogP contribution in [0.25, 0.3) is 17.0 Å². The number of aromatic nitrogens is 5. The van der Waals surface area contributed by atoms with Crippen molar-refractivity contribution < 1.29 is 0 Å². The van der Waals surface area contributed by atoms with Crippen LogP contribution in [0.3, 0.4) is 0 Å². The van der Waals surface area contributed by atoms with E-state index in [0.717, 1.165) is 22.3 Å². The van der Waals surface area contributed by atoms with Crippen LogP contribution in [-0.4, -0.2) is 24.6 Å². The van der Waals surface area contributed by atoms with E-state index < -0.39 is 0 Å². The lowest BCUT2D eigenvalue weighted by molar-refractivity contribution is 0.870. The van der Waals surface area contributed by atoms with Gasteiger partial charge >= 0.3 is 0 Å². The predicted octanol–water partition coefficient (Wildman–Crippen LogP) is 2.20. The lowest BCUT2D eigenvalue weighted by Gasteiger charge is -2.06.